The summed E-state index contributed by atoms with van der Waals surface area (Å²) in [4.78, 5) is -1.14. The number of halogens is 3. The standard InChI is InChI=1S/C8H7F3O5PS2/c9-8(10,11)18-6-3-1-2-4-7(6)19(13,14)16-5-15-17-12/h1-4,17H,5H2/q+1. The maximum absolute atomic E-state index is 12.3. The molecule has 0 aromatic heterocycles. The SMILES string of the molecule is O=[PH+]OCOS(=O)(=O)c1ccccc1SC(F)(F)F. The second-order valence-corrected chi connectivity index (χ2v) is 6.06. The van der Waals surface area contributed by atoms with Gasteiger partial charge in [-0.2, -0.15) is 21.6 Å². The molecule has 1 atom stereocenters. The van der Waals surface area contributed by atoms with Crippen LogP contribution in [0.1, 0.15) is 0 Å². The number of alkyl halides is 3. The summed E-state index contributed by atoms with van der Waals surface area (Å²) in [7, 11) is -5.65. The van der Waals surface area contributed by atoms with Gasteiger partial charge in [0.25, 0.3) is 0 Å². The zero-order valence-corrected chi connectivity index (χ0v) is 11.6. The van der Waals surface area contributed by atoms with Crippen molar-refractivity contribution in [2.75, 3.05) is 6.79 Å². The minimum absolute atomic E-state index is 0.514. The third kappa shape index (κ3) is 5.45. The van der Waals surface area contributed by atoms with Crippen LogP contribution in [0, 0.1) is 0 Å². The third-order valence-corrected chi connectivity index (χ3v) is 4.14. The van der Waals surface area contributed by atoms with E-state index < -0.39 is 52.7 Å². The molecule has 0 bridgehead atoms. The van der Waals surface area contributed by atoms with Crippen molar-refractivity contribution in [2.45, 2.75) is 15.3 Å². The van der Waals surface area contributed by atoms with Crippen LogP contribution in [0.5, 0.6) is 0 Å². The summed E-state index contributed by atoms with van der Waals surface area (Å²) in [6, 6.07) is 4.50. The maximum atomic E-state index is 12.3. The number of rotatable bonds is 6. The number of benzene rings is 1. The molecule has 0 aliphatic carbocycles. The quantitative estimate of drug-likeness (QED) is 0.262. The predicted molar refractivity (Wildman–Crippen MR) is 61.6 cm³/mol. The molecule has 1 rings (SSSR count). The Hall–Kier alpha value is -0.670. The van der Waals surface area contributed by atoms with E-state index in [1.807, 2.05) is 0 Å². The van der Waals surface area contributed by atoms with Gasteiger partial charge in [0.2, 0.25) is 6.79 Å². The van der Waals surface area contributed by atoms with E-state index in [2.05, 4.69) is 8.71 Å². The van der Waals surface area contributed by atoms with Gasteiger partial charge in [0, 0.05) is 4.90 Å². The van der Waals surface area contributed by atoms with Crippen molar-refractivity contribution >= 4 is 30.6 Å². The Morgan fingerprint density at radius 3 is 2.47 bits per heavy atom. The van der Waals surface area contributed by atoms with Crippen molar-refractivity contribution in [1.82, 2.24) is 0 Å². The highest BCUT2D eigenvalue weighted by Crippen LogP contribution is 2.40. The molecule has 0 spiro atoms. The monoisotopic (exact) mass is 335 g/mol. The van der Waals surface area contributed by atoms with E-state index in [0.717, 1.165) is 12.1 Å². The summed E-state index contributed by atoms with van der Waals surface area (Å²) in [5.74, 6) is 0. The molecule has 1 aromatic rings. The zero-order chi connectivity index (χ0) is 14.5. The fraction of sp³-hybridized carbons (Fsp3) is 0.250. The highest BCUT2D eigenvalue weighted by molar-refractivity contribution is 8.00. The highest BCUT2D eigenvalue weighted by atomic mass is 32.2. The summed E-state index contributed by atoms with van der Waals surface area (Å²) >= 11 is -0.567. The molecule has 1 unspecified atom stereocenters. The average molecular weight is 335 g/mol. The van der Waals surface area contributed by atoms with Crippen LogP contribution in [0.3, 0.4) is 0 Å². The van der Waals surface area contributed by atoms with Crippen LogP contribution in [0.4, 0.5) is 13.2 Å². The average Bonchev–Trinajstić information content (AvgIpc) is 2.27. The van der Waals surface area contributed by atoms with E-state index in [4.69, 9.17) is 0 Å². The zero-order valence-electron chi connectivity index (χ0n) is 9.01. The van der Waals surface area contributed by atoms with Gasteiger partial charge in [-0.15, -0.1) is 4.52 Å². The molecule has 0 saturated heterocycles. The van der Waals surface area contributed by atoms with E-state index in [1.54, 1.807) is 0 Å². The van der Waals surface area contributed by atoms with Crippen LogP contribution >= 0.6 is 20.4 Å². The van der Waals surface area contributed by atoms with E-state index >= 15 is 0 Å². The largest absolute Gasteiger partial charge is 0.496 e. The van der Waals surface area contributed by atoms with Crippen molar-refractivity contribution in [3.8, 4) is 0 Å². The predicted octanol–water partition coefficient (Wildman–Crippen LogP) is 2.92. The third-order valence-electron chi connectivity index (χ3n) is 1.67. The lowest BCUT2D eigenvalue weighted by Crippen LogP contribution is -2.10. The smallest absolute Gasteiger partial charge is 0.232 e. The van der Waals surface area contributed by atoms with Gasteiger partial charge in [0.15, 0.2) is 0 Å². The van der Waals surface area contributed by atoms with Gasteiger partial charge in [-0.05, 0) is 28.5 Å². The molecule has 0 saturated carbocycles. The number of thioether (sulfide) groups is 1. The summed E-state index contributed by atoms with van der Waals surface area (Å²) in [5, 5.41) is 0. The molecule has 0 fully saturated rings. The molecular weight excluding hydrogens is 328 g/mol. The molecule has 0 aliphatic heterocycles. The normalized spacial score (nSPS) is 12.8. The molecule has 0 radical (unpaired) electrons. The van der Waals surface area contributed by atoms with Crippen molar-refractivity contribution < 1.29 is 34.9 Å². The number of hydrogen-bond acceptors (Lipinski definition) is 6. The molecule has 106 valence electrons. The van der Waals surface area contributed by atoms with Crippen LogP contribution in [-0.4, -0.2) is 20.7 Å². The summed E-state index contributed by atoms with van der Waals surface area (Å²) < 4.78 is 78.5. The van der Waals surface area contributed by atoms with Crippen LogP contribution in [0.2, 0.25) is 0 Å². The Bertz CT molecular complexity index is 546. The first-order valence-electron chi connectivity index (χ1n) is 4.49. The molecule has 0 aliphatic rings. The van der Waals surface area contributed by atoms with Gasteiger partial charge < -0.3 is 0 Å². The van der Waals surface area contributed by atoms with Gasteiger partial charge in [-0.3, -0.25) is 0 Å². The minimum Gasteiger partial charge on any atom is -0.232 e. The van der Waals surface area contributed by atoms with Crippen LogP contribution in [0.25, 0.3) is 0 Å². The highest BCUT2D eigenvalue weighted by Gasteiger charge is 2.32. The molecule has 19 heavy (non-hydrogen) atoms. The van der Waals surface area contributed by atoms with Gasteiger partial charge in [-0.1, -0.05) is 12.1 Å². The van der Waals surface area contributed by atoms with Crippen LogP contribution in [0.15, 0.2) is 34.1 Å². The lowest BCUT2D eigenvalue weighted by atomic mass is 10.4. The minimum atomic E-state index is -4.63. The first kappa shape index (κ1) is 16.4. The van der Waals surface area contributed by atoms with Crippen LogP contribution in [-0.2, 0) is 23.4 Å². The Balaban J connectivity index is 3.02. The van der Waals surface area contributed by atoms with Gasteiger partial charge in [0.1, 0.15) is 4.90 Å². The van der Waals surface area contributed by atoms with E-state index in [0.29, 0.717) is 0 Å². The van der Waals surface area contributed by atoms with Gasteiger partial charge in [0.05, 0.1) is 0 Å². The maximum Gasteiger partial charge on any atom is 0.496 e. The fourth-order valence-corrected chi connectivity index (χ4v) is 3.09. The lowest BCUT2D eigenvalue weighted by molar-refractivity contribution is -0.0328. The van der Waals surface area contributed by atoms with Crippen molar-refractivity contribution in [3.63, 3.8) is 0 Å². The molecule has 0 amide bonds. The van der Waals surface area contributed by atoms with E-state index in [1.165, 1.54) is 12.1 Å². The van der Waals surface area contributed by atoms with Crippen molar-refractivity contribution in [2.24, 2.45) is 0 Å². The Morgan fingerprint density at radius 1 is 1.26 bits per heavy atom. The van der Waals surface area contributed by atoms with E-state index in [-0.39, 0.29) is 0 Å². The Morgan fingerprint density at radius 2 is 1.89 bits per heavy atom. The van der Waals surface area contributed by atoms with Crippen molar-refractivity contribution in [1.29, 1.82) is 0 Å². The molecule has 11 heteroatoms. The molecule has 0 heterocycles. The molecule has 5 nitrogen and oxygen atoms in total. The summed E-state index contributed by atoms with van der Waals surface area (Å²) in [6.07, 6.45) is 0. The first-order chi connectivity index (χ1) is 8.76. The Kier molecular flexibility index (Phi) is 5.75. The van der Waals surface area contributed by atoms with Gasteiger partial charge >= 0.3 is 24.3 Å². The second kappa shape index (κ2) is 6.67. The second-order valence-electron chi connectivity index (χ2n) is 2.91. The molecule has 0 N–H and O–H groups in total. The molecular formula is C8H7F3O5PS2+. The van der Waals surface area contributed by atoms with E-state index in [9.17, 15) is 26.2 Å². The van der Waals surface area contributed by atoms with Crippen LogP contribution < -0.4 is 0 Å². The summed E-state index contributed by atoms with van der Waals surface area (Å²) in [6.45, 7) is -0.838. The topological polar surface area (TPSA) is 69.7 Å². The van der Waals surface area contributed by atoms with Gasteiger partial charge in [-0.25, -0.2) is 4.18 Å². The first-order valence-corrected chi connectivity index (χ1v) is 7.53. The fourth-order valence-electron chi connectivity index (χ4n) is 1.04. The number of hydrogen-bond donors (Lipinski definition) is 0. The van der Waals surface area contributed by atoms with Crippen molar-refractivity contribution in [3.05, 3.63) is 24.3 Å². The summed E-state index contributed by atoms with van der Waals surface area (Å²) in [5.41, 5.74) is -4.63. The Labute approximate surface area is 112 Å². The lowest BCUT2D eigenvalue weighted by Gasteiger charge is -2.10. The molecule has 1 aromatic carbocycles.